The van der Waals surface area contributed by atoms with E-state index in [1.807, 2.05) is 0 Å². The van der Waals surface area contributed by atoms with E-state index in [2.05, 4.69) is 0 Å². The molecule has 11 nitrogen and oxygen atoms in total. The highest BCUT2D eigenvalue weighted by Gasteiger charge is 2.68. The predicted molar refractivity (Wildman–Crippen MR) is 103 cm³/mol. The van der Waals surface area contributed by atoms with E-state index in [9.17, 15) is 27.6 Å². The van der Waals surface area contributed by atoms with Crippen LogP contribution in [0.25, 0.3) is 0 Å². The Morgan fingerprint density at radius 3 is 2.23 bits per heavy atom. The van der Waals surface area contributed by atoms with Crippen LogP contribution in [0.5, 0.6) is 0 Å². The van der Waals surface area contributed by atoms with Gasteiger partial charge in [0.2, 0.25) is 18.6 Å². The van der Waals surface area contributed by atoms with E-state index < -0.39 is 67.5 Å². The molecular weight excluding hydrogens is 438 g/mol. The van der Waals surface area contributed by atoms with Gasteiger partial charge in [0.1, 0.15) is 28.9 Å². The molecule has 4 heterocycles. The summed E-state index contributed by atoms with van der Waals surface area (Å²) in [7, 11) is -3.74. The van der Waals surface area contributed by atoms with E-state index >= 15 is 0 Å². The van der Waals surface area contributed by atoms with E-state index in [0.717, 1.165) is 4.90 Å². The Labute approximate surface area is 177 Å². The van der Waals surface area contributed by atoms with Crippen molar-refractivity contribution < 1.29 is 37.1 Å². The van der Waals surface area contributed by atoms with Crippen LogP contribution in [0.15, 0.2) is 0 Å². The van der Waals surface area contributed by atoms with Gasteiger partial charge in [0.25, 0.3) is 0 Å². The first-order valence-electron chi connectivity index (χ1n) is 9.37. The highest BCUT2D eigenvalue weighted by Crippen LogP contribution is 2.50. The summed E-state index contributed by atoms with van der Waals surface area (Å²) in [6.45, 7) is 5.55. The van der Waals surface area contributed by atoms with Crippen molar-refractivity contribution in [1.29, 1.82) is 0 Å². The van der Waals surface area contributed by atoms with E-state index in [-0.39, 0.29) is 17.7 Å². The van der Waals surface area contributed by atoms with Gasteiger partial charge in [-0.05, 0) is 27.7 Å². The molecule has 166 valence electrons. The van der Waals surface area contributed by atoms with Crippen LogP contribution in [0.2, 0.25) is 0 Å². The molecule has 2 amide bonds. The van der Waals surface area contributed by atoms with Gasteiger partial charge in [0, 0.05) is 4.75 Å². The minimum absolute atomic E-state index is 0.161. The molecule has 0 aromatic rings. The summed E-state index contributed by atoms with van der Waals surface area (Å²) < 4.78 is 33.0. The topological polar surface area (TPSA) is 153 Å². The zero-order valence-corrected chi connectivity index (χ0v) is 18.5. The van der Waals surface area contributed by atoms with Crippen LogP contribution in [0.4, 0.5) is 0 Å². The molecular formula is C17H23N3O8S2. The van der Waals surface area contributed by atoms with E-state index in [1.54, 1.807) is 13.8 Å². The number of nitrogens with two attached hydrogens (primary N) is 1. The fraction of sp³-hybridized carbons (Fsp3) is 0.765. The maximum absolute atomic E-state index is 12.6. The van der Waals surface area contributed by atoms with Crippen LogP contribution in [0.1, 0.15) is 34.1 Å². The molecule has 4 aliphatic heterocycles. The number of hydrogen-bond acceptors (Lipinski definition) is 10. The van der Waals surface area contributed by atoms with Gasteiger partial charge in [-0.3, -0.25) is 9.59 Å². The molecule has 0 radical (unpaired) electrons. The average Bonchev–Trinajstić information content (AvgIpc) is 2.97. The van der Waals surface area contributed by atoms with Gasteiger partial charge in [0.05, 0.1) is 11.2 Å². The SMILES string of the molecule is CC1(C)S[C@@H]2[C@H](N)C(=O)N2[C@H]1C(=O)OCOC(=O)[C@@H]1N2C(=O)C[C@H]2S(=O)(=O)C1(C)C. The molecule has 4 rings (SSSR count). The lowest BCUT2D eigenvalue weighted by atomic mass is 9.96. The molecule has 0 bridgehead atoms. The van der Waals surface area contributed by atoms with Crippen LogP contribution in [-0.2, 0) is 38.5 Å². The monoisotopic (exact) mass is 461 g/mol. The van der Waals surface area contributed by atoms with E-state index in [0.29, 0.717) is 0 Å². The number of fused-ring (bicyclic) bond motifs is 2. The number of carbonyl (C=O) groups excluding carboxylic acids is 4. The van der Waals surface area contributed by atoms with Crippen molar-refractivity contribution in [1.82, 2.24) is 9.80 Å². The molecule has 30 heavy (non-hydrogen) atoms. The number of amides is 2. The number of esters is 2. The van der Waals surface area contributed by atoms with Crippen molar-refractivity contribution >= 4 is 45.4 Å². The fourth-order valence-electron chi connectivity index (χ4n) is 4.54. The largest absolute Gasteiger partial charge is 0.426 e. The van der Waals surface area contributed by atoms with Gasteiger partial charge in [-0.2, -0.15) is 0 Å². The fourth-order valence-corrected chi connectivity index (χ4v) is 8.22. The highest BCUT2D eigenvalue weighted by atomic mass is 32.2. The van der Waals surface area contributed by atoms with Crippen molar-refractivity contribution in [2.24, 2.45) is 5.73 Å². The summed E-state index contributed by atoms with van der Waals surface area (Å²) in [6.07, 6.45) is -0.161. The number of thioether (sulfide) groups is 1. The van der Waals surface area contributed by atoms with E-state index in [4.69, 9.17) is 15.2 Å². The van der Waals surface area contributed by atoms with Crippen molar-refractivity contribution in [3.63, 3.8) is 0 Å². The van der Waals surface area contributed by atoms with Gasteiger partial charge in [-0.25, -0.2) is 18.0 Å². The maximum Gasteiger partial charge on any atom is 0.333 e. The average molecular weight is 462 g/mol. The van der Waals surface area contributed by atoms with Crippen molar-refractivity contribution in [3.05, 3.63) is 0 Å². The first kappa shape index (κ1) is 21.4. The smallest absolute Gasteiger partial charge is 0.333 e. The lowest BCUT2D eigenvalue weighted by molar-refractivity contribution is -0.181. The minimum atomic E-state index is -3.74. The third-order valence-electron chi connectivity index (χ3n) is 6.31. The lowest BCUT2D eigenvalue weighted by Gasteiger charge is -2.41. The number of rotatable bonds is 4. The Balaban J connectivity index is 1.40. The molecule has 4 saturated heterocycles. The maximum atomic E-state index is 12.6. The Bertz CT molecular complexity index is 962. The number of sulfone groups is 1. The molecule has 0 spiro atoms. The highest BCUT2D eigenvalue weighted by molar-refractivity contribution is 8.01. The summed E-state index contributed by atoms with van der Waals surface area (Å²) in [5, 5.41) is -1.35. The zero-order chi connectivity index (χ0) is 22.4. The minimum Gasteiger partial charge on any atom is -0.426 e. The summed E-state index contributed by atoms with van der Waals surface area (Å²) in [5.41, 5.74) is 5.77. The van der Waals surface area contributed by atoms with Crippen LogP contribution in [-0.4, -0.2) is 87.1 Å². The molecule has 4 aliphatic rings. The normalized spacial score (nSPS) is 37.0. The second-order valence-corrected chi connectivity index (χ2v) is 13.3. The second-order valence-electron chi connectivity index (χ2n) is 8.84. The first-order chi connectivity index (χ1) is 13.7. The molecule has 4 fully saturated rings. The van der Waals surface area contributed by atoms with Crippen LogP contribution in [0, 0.1) is 0 Å². The van der Waals surface area contributed by atoms with Gasteiger partial charge < -0.3 is 25.0 Å². The summed E-state index contributed by atoms with van der Waals surface area (Å²) in [5.74, 6) is -2.51. The Kier molecular flexibility index (Phi) is 4.51. The third-order valence-corrected chi connectivity index (χ3v) is 10.7. The van der Waals surface area contributed by atoms with E-state index in [1.165, 1.54) is 30.5 Å². The molecule has 0 aromatic carbocycles. The molecule has 13 heteroatoms. The number of ether oxygens (including phenoxy) is 2. The Hall–Kier alpha value is -1.86. The molecule has 0 aromatic heterocycles. The Morgan fingerprint density at radius 2 is 1.67 bits per heavy atom. The molecule has 5 atom stereocenters. The van der Waals surface area contributed by atoms with Gasteiger partial charge in [-0.15, -0.1) is 11.8 Å². The molecule has 0 aliphatic carbocycles. The Morgan fingerprint density at radius 1 is 1.10 bits per heavy atom. The molecule has 0 unspecified atom stereocenters. The van der Waals surface area contributed by atoms with Crippen molar-refractivity contribution in [2.45, 2.75) is 72.5 Å². The number of hydrogen-bond donors (Lipinski definition) is 1. The van der Waals surface area contributed by atoms with Crippen LogP contribution < -0.4 is 5.73 Å². The van der Waals surface area contributed by atoms with Gasteiger partial charge >= 0.3 is 11.9 Å². The van der Waals surface area contributed by atoms with Crippen LogP contribution >= 0.6 is 11.8 Å². The third kappa shape index (κ3) is 2.57. The lowest BCUT2D eigenvalue weighted by Crippen LogP contribution is -2.68. The summed E-state index contributed by atoms with van der Waals surface area (Å²) >= 11 is 1.39. The summed E-state index contributed by atoms with van der Waals surface area (Å²) in [6, 6.07) is -2.87. The second kappa shape index (κ2) is 6.33. The van der Waals surface area contributed by atoms with Gasteiger partial charge in [0.15, 0.2) is 9.84 Å². The van der Waals surface area contributed by atoms with Crippen molar-refractivity contribution in [2.75, 3.05) is 6.79 Å². The standard InChI is InChI=1S/C17H23N3O8S2/c1-16(2)10(20-12(22)9(18)13(20)29-16)14(23)27-6-28-15(24)11-17(3,4)30(25,26)8-5-7(21)19(8)11/h8-11,13H,5-6,18H2,1-4H3/t8-,9-,10+,11+,13-/m1/s1. The number of nitrogens with zero attached hydrogens (tertiary/aromatic N) is 2. The van der Waals surface area contributed by atoms with Gasteiger partial charge in [-0.1, -0.05) is 0 Å². The number of carbonyl (C=O) groups is 4. The molecule has 2 N–H and O–H groups in total. The van der Waals surface area contributed by atoms with Crippen LogP contribution in [0.3, 0.4) is 0 Å². The van der Waals surface area contributed by atoms with Crippen molar-refractivity contribution in [3.8, 4) is 0 Å². The predicted octanol–water partition coefficient (Wildman–Crippen LogP) is -1.45. The number of β-lactam (4-membered cyclic amide) rings is 2. The quantitative estimate of drug-likeness (QED) is 0.299. The first-order valence-corrected chi connectivity index (χ1v) is 11.8. The molecule has 0 saturated carbocycles. The summed E-state index contributed by atoms with van der Waals surface area (Å²) in [4.78, 5) is 51.5. The zero-order valence-electron chi connectivity index (χ0n) is 16.9.